The van der Waals surface area contributed by atoms with Crippen LogP contribution in [-0.2, 0) is 4.79 Å². The minimum atomic E-state index is -0.464. The van der Waals surface area contributed by atoms with Gasteiger partial charge in [0.15, 0.2) is 0 Å². The minimum Gasteiger partial charge on any atom is -0.423 e. The molecule has 0 aliphatic heterocycles. The van der Waals surface area contributed by atoms with E-state index in [9.17, 15) is 4.79 Å². The molecule has 0 bridgehead atoms. The molecule has 0 heterocycles. The zero-order valence-electron chi connectivity index (χ0n) is 22.7. The fourth-order valence-electron chi connectivity index (χ4n) is 4.42. The molecule has 0 aliphatic carbocycles. The summed E-state index contributed by atoms with van der Waals surface area (Å²) in [4.78, 5) is 13.7. The summed E-state index contributed by atoms with van der Waals surface area (Å²) in [7, 11) is 0. The highest BCUT2D eigenvalue weighted by molar-refractivity contribution is 5.83. The van der Waals surface area contributed by atoms with Crippen LogP contribution in [0, 0.1) is 13.8 Å². The Kier molecular flexibility index (Phi) is 8.03. The number of carbonyl (C=O) groups is 1. The molecule has 0 amide bonds. The molecule has 0 unspecified atom stereocenters. The summed E-state index contributed by atoms with van der Waals surface area (Å²) in [6, 6.07) is 41.7. The Hall–Kier alpha value is -5.15. The van der Waals surface area contributed by atoms with Crippen LogP contribution < -0.4 is 9.64 Å². The number of rotatable bonds is 8. The van der Waals surface area contributed by atoms with Crippen LogP contribution in [0.2, 0.25) is 0 Å². The molecular weight excluding hydrogens is 490 g/mol. The summed E-state index contributed by atoms with van der Waals surface area (Å²) in [5, 5.41) is 0. The molecular formula is C37H31NO2. The van der Waals surface area contributed by atoms with Crippen molar-refractivity contribution in [1.29, 1.82) is 0 Å². The SMILES string of the molecule is C=CC(=O)Oc1ccc(-c2ccc(C=Cc3ccc(N(c4ccc(C)cc4)c4ccc(C)cc4)cc3)cc2)cc1. The predicted octanol–water partition coefficient (Wildman–Crippen LogP) is 9.70. The maximum Gasteiger partial charge on any atom is 0.335 e. The van der Waals surface area contributed by atoms with Crippen molar-refractivity contribution in [3.63, 3.8) is 0 Å². The van der Waals surface area contributed by atoms with E-state index in [1.165, 1.54) is 11.1 Å². The minimum absolute atomic E-state index is 0.464. The standard InChI is InChI=1S/C37H31NO2/c1-4-37(39)40-36-25-17-32(18-26-36)31-15-11-29(12-16-31)9-10-30-13-23-35(24-14-30)38(33-19-5-27(2)6-20-33)34-21-7-28(3)8-22-34/h4-26H,1H2,2-3H3. The molecule has 196 valence electrons. The normalized spacial score (nSPS) is 10.8. The monoisotopic (exact) mass is 521 g/mol. The molecule has 0 N–H and O–H groups in total. The number of aryl methyl sites for hydroxylation is 2. The summed E-state index contributed by atoms with van der Waals surface area (Å²) >= 11 is 0. The van der Waals surface area contributed by atoms with Crippen LogP contribution >= 0.6 is 0 Å². The molecule has 0 aromatic heterocycles. The van der Waals surface area contributed by atoms with Gasteiger partial charge in [-0.25, -0.2) is 4.79 Å². The first-order valence-corrected chi connectivity index (χ1v) is 13.2. The van der Waals surface area contributed by atoms with Crippen molar-refractivity contribution >= 4 is 35.2 Å². The van der Waals surface area contributed by atoms with E-state index in [-0.39, 0.29) is 0 Å². The van der Waals surface area contributed by atoms with Crippen molar-refractivity contribution in [3.05, 3.63) is 156 Å². The second-order valence-electron chi connectivity index (χ2n) is 9.70. The average Bonchev–Trinajstić information content (AvgIpc) is 2.99. The fraction of sp³-hybridized carbons (Fsp3) is 0.0541. The van der Waals surface area contributed by atoms with Crippen LogP contribution in [0.4, 0.5) is 17.1 Å². The number of hydrogen-bond donors (Lipinski definition) is 0. The number of carbonyl (C=O) groups excluding carboxylic acids is 1. The number of nitrogens with zero attached hydrogens (tertiary/aromatic N) is 1. The largest absolute Gasteiger partial charge is 0.423 e. The van der Waals surface area contributed by atoms with Crippen LogP contribution in [0.15, 0.2) is 134 Å². The molecule has 5 rings (SSSR count). The van der Waals surface area contributed by atoms with E-state index in [0.29, 0.717) is 5.75 Å². The average molecular weight is 522 g/mol. The second kappa shape index (κ2) is 12.1. The highest BCUT2D eigenvalue weighted by Crippen LogP contribution is 2.35. The van der Waals surface area contributed by atoms with Crippen molar-refractivity contribution in [3.8, 4) is 16.9 Å². The van der Waals surface area contributed by atoms with Gasteiger partial charge in [0.2, 0.25) is 0 Å². The van der Waals surface area contributed by atoms with E-state index >= 15 is 0 Å². The lowest BCUT2D eigenvalue weighted by molar-refractivity contribution is -0.128. The van der Waals surface area contributed by atoms with E-state index in [0.717, 1.165) is 45.4 Å². The van der Waals surface area contributed by atoms with Crippen LogP contribution in [0.5, 0.6) is 5.75 Å². The molecule has 0 atom stereocenters. The van der Waals surface area contributed by atoms with Gasteiger partial charge < -0.3 is 9.64 Å². The van der Waals surface area contributed by atoms with Gasteiger partial charge in [-0.05, 0) is 84.6 Å². The van der Waals surface area contributed by atoms with Crippen LogP contribution in [0.1, 0.15) is 22.3 Å². The van der Waals surface area contributed by atoms with Gasteiger partial charge in [-0.3, -0.25) is 0 Å². The molecule has 5 aromatic carbocycles. The topological polar surface area (TPSA) is 29.5 Å². The third-order valence-electron chi connectivity index (χ3n) is 6.69. The summed E-state index contributed by atoms with van der Waals surface area (Å²) in [5.74, 6) is 0.0356. The third kappa shape index (κ3) is 6.46. The first kappa shape index (κ1) is 26.5. The summed E-state index contributed by atoms with van der Waals surface area (Å²) in [5.41, 5.74) is 10.2. The Bertz CT molecular complexity index is 1570. The molecule has 3 heteroatoms. The van der Waals surface area contributed by atoms with Gasteiger partial charge in [-0.1, -0.05) is 103 Å². The predicted molar refractivity (Wildman–Crippen MR) is 167 cm³/mol. The number of ether oxygens (including phenoxy) is 1. The fourth-order valence-corrected chi connectivity index (χ4v) is 4.42. The van der Waals surface area contributed by atoms with Crippen LogP contribution in [-0.4, -0.2) is 5.97 Å². The highest BCUT2D eigenvalue weighted by atomic mass is 16.5. The number of esters is 1. The van der Waals surface area contributed by atoms with Gasteiger partial charge in [0.25, 0.3) is 0 Å². The molecule has 0 saturated carbocycles. The molecule has 3 nitrogen and oxygen atoms in total. The van der Waals surface area contributed by atoms with Crippen molar-refractivity contribution in [2.24, 2.45) is 0 Å². The number of anilines is 3. The van der Waals surface area contributed by atoms with Crippen molar-refractivity contribution < 1.29 is 9.53 Å². The quantitative estimate of drug-likeness (QED) is 0.0881. The molecule has 0 aliphatic rings. The zero-order valence-corrected chi connectivity index (χ0v) is 22.7. The molecule has 40 heavy (non-hydrogen) atoms. The van der Waals surface area contributed by atoms with Crippen LogP contribution in [0.3, 0.4) is 0 Å². The Balaban J connectivity index is 1.30. The number of hydrogen-bond acceptors (Lipinski definition) is 3. The van der Waals surface area contributed by atoms with Crippen molar-refractivity contribution in [2.75, 3.05) is 4.90 Å². The van der Waals surface area contributed by atoms with E-state index in [2.05, 4.69) is 135 Å². The first-order chi connectivity index (χ1) is 19.5. The third-order valence-corrected chi connectivity index (χ3v) is 6.69. The van der Waals surface area contributed by atoms with Crippen LogP contribution in [0.25, 0.3) is 23.3 Å². The van der Waals surface area contributed by atoms with Crippen molar-refractivity contribution in [2.45, 2.75) is 13.8 Å². The summed E-state index contributed by atoms with van der Waals surface area (Å²) in [6.45, 7) is 7.64. The molecule has 0 saturated heterocycles. The highest BCUT2D eigenvalue weighted by Gasteiger charge is 2.12. The van der Waals surface area contributed by atoms with Crippen molar-refractivity contribution in [1.82, 2.24) is 0 Å². The van der Waals surface area contributed by atoms with E-state index in [4.69, 9.17) is 4.74 Å². The van der Waals surface area contributed by atoms with Gasteiger partial charge in [0, 0.05) is 23.1 Å². The zero-order chi connectivity index (χ0) is 27.9. The smallest absolute Gasteiger partial charge is 0.335 e. The molecule has 0 spiro atoms. The first-order valence-electron chi connectivity index (χ1n) is 13.2. The lowest BCUT2D eigenvalue weighted by atomic mass is 10.0. The van der Waals surface area contributed by atoms with Gasteiger partial charge in [-0.2, -0.15) is 0 Å². The number of benzene rings is 5. The van der Waals surface area contributed by atoms with E-state index in [1.807, 2.05) is 12.1 Å². The summed E-state index contributed by atoms with van der Waals surface area (Å²) < 4.78 is 5.15. The molecule has 5 aromatic rings. The maximum absolute atomic E-state index is 11.4. The van der Waals surface area contributed by atoms with E-state index < -0.39 is 5.97 Å². The van der Waals surface area contributed by atoms with Gasteiger partial charge in [0.05, 0.1) is 0 Å². The van der Waals surface area contributed by atoms with E-state index in [1.54, 1.807) is 12.1 Å². The van der Waals surface area contributed by atoms with Gasteiger partial charge >= 0.3 is 5.97 Å². The lowest BCUT2D eigenvalue weighted by Crippen LogP contribution is -2.09. The lowest BCUT2D eigenvalue weighted by Gasteiger charge is -2.25. The van der Waals surface area contributed by atoms with Gasteiger partial charge in [-0.15, -0.1) is 0 Å². The Morgan fingerprint density at radius 3 is 1.38 bits per heavy atom. The Morgan fingerprint density at radius 2 is 0.950 bits per heavy atom. The second-order valence-corrected chi connectivity index (χ2v) is 9.70. The Labute approximate surface area is 236 Å². The maximum atomic E-state index is 11.4. The van der Waals surface area contributed by atoms with Gasteiger partial charge in [0.1, 0.15) is 5.75 Å². The summed E-state index contributed by atoms with van der Waals surface area (Å²) in [6.07, 6.45) is 5.40. The molecule has 0 fully saturated rings. The molecule has 0 radical (unpaired) electrons. The Morgan fingerprint density at radius 1 is 0.575 bits per heavy atom.